The monoisotopic (exact) mass is 317 g/mol. The van der Waals surface area contributed by atoms with Crippen molar-refractivity contribution in [2.75, 3.05) is 13.1 Å². The molecule has 0 atom stereocenters. The highest BCUT2D eigenvalue weighted by Crippen LogP contribution is 2.26. The molecule has 0 unspecified atom stereocenters. The van der Waals surface area contributed by atoms with Crippen molar-refractivity contribution in [3.63, 3.8) is 0 Å². The first-order chi connectivity index (χ1) is 10.6. The molecule has 0 spiro atoms. The fourth-order valence-corrected chi connectivity index (χ4v) is 3.94. The Labute approximate surface area is 129 Å². The van der Waals surface area contributed by atoms with E-state index in [-0.39, 0.29) is 5.82 Å². The van der Waals surface area contributed by atoms with E-state index >= 15 is 0 Å². The van der Waals surface area contributed by atoms with Crippen LogP contribution < -0.4 is 0 Å². The number of benzene rings is 2. The summed E-state index contributed by atoms with van der Waals surface area (Å²) in [5.41, 5.74) is 2.00. The molecule has 22 heavy (non-hydrogen) atoms. The lowest BCUT2D eigenvalue weighted by Gasteiger charge is -2.26. The van der Waals surface area contributed by atoms with Gasteiger partial charge in [-0.25, -0.2) is 12.8 Å². The van der Waals surface area contributed by atoms with Crippen LogP contribution in [0.2, 0.25) is 0 Å². The van der Waals surface area contributed by atoms with Crippen LogP contribution in [0.1, 0.15) is 12.0 Å². The maximum Gasteiger partial charge on any atom is 0.243 e. The van der Waals surface area contributed by atoms with Gasteiger partial charge in [0.25, 0.3) is 0 Å². The second-order valence-corrected chi connectivity index (χ2v) is 7.10. The Morgan fingerprint density at radius 1 is 0.955 bits per heavy atom. The van der Waals surface area contributed by atoms with Gasteiger partial charge in [0.1, 0.15) is 5.82 Å². The summed E-state index contributed by atoms with van der Waals surface area (Å²) < 4.78 is 39.5. The van der Waals surface area contributed by atoms with E-state index in [1.807, 2.05) is 6.08 Å². The maximum atomic E-state index is 13.0. The summed E-state index contributed by atoms with van der Waals surface area (Å²) in [6, 6.07) is 14.7. The van der Waals surface area contributed by atoms with Crippen molar-refractivity contribution < 1.29 is 12.8 Å². The highest BCUT2D eigenvalue weighted by atomic mass is 32.2. The molecule has 2 aromatic rings. The van der Waals surface area contributed by atoms with E-state index in [0.717, 1.165) is 11.1 Å². The van der Waals surface area contributed by atoms with Gasteiger partial charge in [-0.1, -0.05) is 36.4 Å². The summed E-state index contributed by atoms with van der Waals surface area (Å²) in [7, 11) is -3.45. The Kier molecular flexibility index (Phi) is 4.09. The fraction of sp³-hybridized carbons (Fsp3) is 0.176. The minimum atomic E-state index is -3.45. The van der Waals surface area contributed by atoms with Crippen molar-refractivity contribution in [3.05, 3.63) is 72.1 Å². The largest absolute Gasteiger partial charge is 0.243 e. The van der Waals surface area contributed by atoms with Crippen LogP contribution in [0.3, 0.4) is 0 Å². The Balaban J connectivity index is 1.80. The zero-order valence-electron chi connectivity index (χ0n) is 11.9. The average Bonchev–Trinajstić information content (AvgIpc) is 2.56. The summed E-state index contributed by atoms with van der Waals surface area (Å²) in [6.07, 6.45) is 2.52. The number of sulfonamides is 1. The quantitative estimate of drug-likeness (QED) is 0.871. The smallest absolute Gasteiger partial charge is 0.207 e. The van der Waals surface area contributed by atoms with Crippen molar-refractivity contribution in [1.29, 1.82) is 0 Å². The molecular weight excluding hydrogens is 301 g/mol. The minimum Gasteiger partial charge on any atom is -0.207 e. The van der Waals surface area contributed by atoms with E-state index in [1.54, 1.807) is 42.5 Å². The Bertz CT molecular complexity index is 783. The maximum absolute atomic E-state index is 13.0. The summed E-state index contributed by atoms with van der Waals surface area (Å²) >= 11 is 0. The second-order valence-electron chi connectivity index (χ2n) is 5.16. The van der Waals surface area contributed by atoms with Crippen molar-refractivity contribution in [3.8, 4) is 0 Å². The number of hydrogen-bond acceptors (Lipinski definition) is 2. The molecule has 1 heterocycles. The minimum absolute atomic E-state index is 0.270. The lowest BCUT2D eigenvalue weighted by molar-refractivity contribution is 0.441. The number of hydrogen-bond donors (Lipinski definition) is 0. The molecule has 0 N–H and O–H groups in total. The van der Waals surface area contributed by atoms with Gasteiger partial charge in [-0.3, -0.25) is 0 Å². The Morgan fingerprint density at radius 3 is 2.23 bits per heavy atom. The highest BCUT2D eigenvalue weighted by Gasteiger charge is 2.25. The zero-order valence-corrected chi connectivity index (χ0v) is 12.8. The molecule has 0 amide bonds. The molecule has 0 aliphatic carbocycles. The van der Waals surface area contributed by atoms with Crippen molar-refractivity contribution in [1.82, 2.24) is 4.31 Å². The van der Waals surface area contributed by atoms with Crippen LogP contribution in [0, 0.1) is 5.82 Å². The number of halogens is 1. The van der Waals surface area contributed by atoms with Crippen LogP contribution in [0.15, 0.2) is 65.6 Å². The molecule has 0 bridgehead atoms. The zero-order chi connectivity index (χ0) is 15.6. The van der Waals surface area contributed by atoms with Crippen molar-refractivity contribution in [2.45, 2.75) is 11.3 Å². The first-order valence-electron chi connectivity index (χ1n) is 7.07. The van der Waals surface area contributed by atoms with Gasteiger partial charge in [-0.2, -0.15) is 4.31 Å². The van der Waals surface area contributed by atoms with Gasteiger partial charge in [-0.15, -0.1) is 0 Å². The molecule has 0 radical (unpaired) electrons. The SMILES string of the molecule is O=S(=O)(c1ccccc1)N1CC=C(c2ccc(F)cc2)CC1. The Hall–Kier alpha value is -1.98. The summed E-state index contributed by atoms with van der Waals surface area (Å²) in [5.74, 6) is -0.270. The standard InChI is InChI=1S/C17H16FNO2S/c18-16-8-6-14(7-9-16)15-10-12-19(13-11-15)22(20,21)17-4-2-1-3-5-17/h1-10H,11-13H2. The van der Waals surface area contributed by atoms with E-state index in [1.165, 1.54) is 16.4 Å². The van der Waals surface area contributed by atoms with Crippen molar-refractivity contribution in [2.24, 2.45) is 0 Å². The van der Waals surface area contributed by atoms with Gasteiger partial charge < -0.3 is 0 Å². The second kappa shape index (κ2) is 6.02. The predicted molar refractivity (Wildman–Crippen MR) is 84.2 cm³/mol. The van der Waals surface area contributed by atoms with Gasteiger partial charge in [0.2, 0.25) is 10.0 Å². The normalized spacial score (nSPS) is 16.3. The third kappa shape index (κ3) is 2.96. The fourth-order valence-electron chi connectivity index (χ4n) is 2.54. The van der Waals surface area contributed by atoms with Crippen LogP contribution >= 0.6 is 0 Å². The highest BCUT2D eigenvalue weighted by molar-refractivity contribution is 7.89. The molecule has 1 aliphatic rings. The first kappa shape index (κ1) is 14.9. The van der Waals surface area contributed by atoms with Gasteiger partial charge in [0, 0.05) is 13.1 Å². The predicted octanol–water partition coefficient (Wildman–Crippen LogP) is 3.30. The summed E-state index contributed by atoms with van der Waals surface area (Å²) in [5, 5.41) is 0. The molecule has 114 valence electrons. The van der Waals surface area contributed by atoms with Gasteiger partial charge >= 0.3 is 0 Å². The topological polar surface area (TPSA) is 37.4 Å². The Morgan fingerprint density at radius 2 is 1.64 bits per heavy atom. The molecule has 3 nitrogen and oxygen atoms in total. The van der Waals surface area contributed by atoms with E-state index in [4.69, 9.17) is 0 Å². The van der Waals surface area contributed by atoms with Gasteiger partial charge in [-0.05, 0) is 41.8 Å². The van der Waals surface area contributed by atoms with E-state index < -0.39 is 10.0 Å². The molecule has 2 aromatic carbocycles. The lowest BCUT2D eigenvalue weighted by atomic mass is 10.0. The molecule has 0 saturated carbocycles. The van der Waals surface area contributed by atoms with Crippen molar-refractivity contribution >= 4 is 15.6 Å². The molecule has 1 aliphatic heterocycles. The average molecular weight is 317 g/mol. The van der Waals surface area contributed by atoms with Crippen LogP contribution in [0.25, 0.3) is 5.57 Å². The van der Waals surface area contributed by atoms with Crippen LogP contribution in [-0.2, 0) is 10.0 Å². The van der Waals surface area contributed by atoms with E-state index in [2.05, 4.69) is 0 Å². The summed E-state index contributed by atoms with van der Waals surface area (Å²) in [6.45, 7) is 0.768. The van der Waals surface area contributed by atoms with Crippen LogP contribution in [-0.4, -0.2) is 25.8 Å². The van der Waals surface area contributed by atoms with Gasteiger partial charge in [0.05, 0.1) is 4.90 Å². The first-order valence-corrected chi connectivity index (χ1v) is 8.51. The molecule has 0 aromatic heterocycles. The van der Waals surface area contributed by atoms with Crippen LogP contribution in [0.4, 0.5) is 4.39 Å². The lowest BCUT2D eigenvalue weighted by Crippen LogP contribution is -2.34. The van der Waals surface area contributed by atoms with E-state index in [9.17, 15) is 12.8 Å². The number of rotatable bonds is 3. The summed E-state index contributed by atoms with van der Waals surface area (Å²) in [4.78, 5) is 0.314. The molecule has 0 fully saturated rings. The third-order valence-electron chi connectivity index (χ3n) is 3.77. The third-order valence-corrected chi connectivity index (χ3v) is 5.65. The van der Waals surface area contributed by atoms with Gasteiger partial charge in [0.15, 0.2) is 0 Å². The van der Waals surface area contributed by atoms with E-state index in [0.29, 0.717) is 24.4 Å². The molecule has 0 saturated heterocycles. The molecule has 3 rings (SSSR count). The van der Waals surface area contributed by atoms with Crippen LogP contribution in [0.5, 0.6) is 0 Å². The number of nitrogens with zero attached hydrogens (tertiary/aromatic N) is 1. The molecule has 5 heteroatoms. The molecular formula is C17H16FNO2S.